The van der Waals surface area contributed by atoms with Crippen LogP contribution in [0, 0.1) is 0 Å². The van der Waals surface area contributed by atoms with E-state index < -0.39 is 0 Å². The number of nitrogens with zero attached hydrogens (tertiary/aromatic N) is 2. The van der Waals surface area contributed by atoms with Crippen molar-refractivity contribution in [3.8, 4) is 11.5 Å². The molecule has 0 spiro atoms. The molecule has 4 nitrogen and oxygen atoms in total. The molecule has 2 heterocycles. The molecule has 0 bridgehead atoms. The normalized spacial score (nSPS) is 12.8. The first-order valence-electron chi connectivity index (χ1n) is 11.3. The number of rotatable bonds is 10. The van der Waals surface area contributed by atoms with Crippen LogP contribution >= 0.6 is 23.2 Å². The maximum Gasteiger partial charge on any atom is 0.161 e. The molecular weight excluding hydrogens is 455 g/mol. The summed E-state index contributed by atoms with van der Waals surface area (Å²) in [6.45, 7) is 1.38. The van der Waals surface area contributed by atoms with Crippen molar-refractivity contribution in [1.82, 2.24) is 4.98 Å². The van der Waals surface area contributed by atoms with Gasteiger partial charge in [0.15, 0.2) is 11.5 Å². The fraction of sp³-hybridized carbons (Fsp3) is 0.333. The molecule has 0 radical (unpaired) electrons. The van der Waals surface area contributed by atoms with Crippen LogP contribution in [0.3, 0.4) is 0 Å². The van der Waals surface area contributed by atoms with Gasteiger partial charge in [-0.3, -0.25) is 9.98 Å². The first kappa shape index (κ1) is 23.6. The van der Waals surface area contributed by atoms with Gasteiger partial charge in [0, 0.05) is 36.6 Å². The molecule has 0 saturated heterocycles. The SMILES string of the molecule is COc1cc2c(cc1OCCCCCc1ccccc1)C(Cc1c(Cl)cncc1Cl)=NCC2. The van der Waals surface area contributed by atoms with Gasteiger partial charge in [-0.2, -0.15) is 0 Å². The summed E-state index contributed by atoms with van der Waals surface area (Å²) < 4.78 is 11.8. The second-order valence-corrected chi connectivity index (χ2v) is 8.96. The standard InChI is InChI=1S/C27H28Cl2N2O2/c1-32-26-14-20-11-12-31-25(15-22-23(28)17-30-18-24(22)29)21(20)16-27(26)33-13-7-3-6-10-19-8-4-2-5-9-19/h2,4-5,8-9,14,16-18H,3,6-7,10-13,15H2,1H3. The van der Waals surface area contributed by atoms with Gasteiger partial charge in [-0.15, -0.1) is 0 Å². The fourth-order valence-corrected chi connectivity index (χ4v) is 4.60. The third-order valence-electron chi connectivity index (χ3n) is 5.89. The van der Waals surface area contributed by atoms with Gasteiger partial charge in [-0.1, -0.05) is 53.5 Å². The number of aliphatic imine (C=N–C) groups is 1. The number of halogens is 2. The smallest absolute Gasteiger partial charge is 0.161 e. The molecule has 1 aliphatic heterocycles. The number of hydrogen-bond acceptors (Lipinski definition) is 4. The first-order valence-corrected chi connectivity index (χ1v) is 12.1. The largest absolute Gasteiger partial charge is 0.493 e. The molecule has 0 N–H and O–H groups in total. The Hall–Kier alpha value is -2.56. The van der Waals surface area contributed by atoms with E-state index >= 15 is 0 Å². The van der Waals surface area contributed by atoms with Crippen LogP contribution in [0.25, 0.3) is 0 Å². The van der Waals surface area contributed by atoms with Crippen LogP contribution in [-0.2, 0) is 19.3 Å². The van der Waals surface area contributed by atoms with Gasteiger partial charge in [-0.05, 0) is 60.9 Å². The average Bonchev–Trinajstić information content (AvgIpc) is 2.84. The number of unbranched alkanes of at least 4 members (excludes halogenated alkanes) is 2. The zero-order valence-electron chi connectivity index (χ0n) is 18.8. The average molecular weight is 483 g/mol. The van der Waals surface area contributed by atoms with Gasteiger partial charge >= 0.3 is 0 Å². The number of fused-ring (bicyclic) bond motifs is 1. The molecule has 33 heavy (non-hydrogen) atoms. The van der Waals surface area contributed by atoms with Crippen LogP contribution in [0.4, 0.5) is 0 Å². The summed E-state index contributed by atoms with van der Waals surface area (Å²) in [7, 11) is 1.68. The molecule has 4 rings (SSSR count). The summed E-state index contributed by atoms with van der Waals surface area (Å²) in [4.78, 5) is 8.83. The highest BCUT2D eigenvalue weighted by atomic mass is 35.5. The zero-order chi connectivity index (χ0) is 23.0. The van der Waals surface area contributed by atoms with Crippen LogP contribution in [-0.4, -0.2) is 31.0 Å². The number of aryl methyl sites for hydroxylation is 1. The van der Waals surface area contributed by atoms with Gasteiger partial charge in [0.05, 0.1) is 23.8 Å². The Morgan fingerprint density at radius 3 is 2.48 bits per heavy atom. The van der Waals surface area contributed by atoms with E-state index in [1.165, 1.54) is 11.1 Å². The Kier molecular flexibility index (Phi) is 8.25. The molecule has 3 aromatic rings. The highest BCUT2D eigenvalue weighted by Crippen LogP contribution is 2.34. The summed E-state index contributed by atoms with van der Waals surface area (Å²) in [6, 6.07) is 14.7. The van der Waals surface area contributed by atoms with Crippen LogP contribution in [0.15, 0.2) is 59.9 Å². The van der Waals surface area contributed by atoms with Crippen molar-refractivity contribution >= 4 is 28.9 Å². The molecule has 0 amide bonds. The summed E-state index contributed by atoms with van der Waals surface area (Å²) >= 11 is 12.7. The Balaban J connectivity index is 1.41. The Morgan fingerprint density at radius 2 is 1.73 bits per heavy atom. The van der Waals surface area contributed by atoms with E-state index in [1.807, 2.05) is 0 Å². The number of benzene rings is 2. The van der Waals surface area contributed by atoms with E-state index in [-0.39, 0.29) is 0 Å². The number of hydrogen-bond donors (Lipinski definition) is 0. The van der Waals surface area contributed by atoms with Gasteiger partial charge in [-0.25, -0.2) is 0 Å². The quantitative estimate of drug-likeness (QED) is 0.299. The molecule has 0 atom stereocenters. The fourth-order valence-electron chi connectivity index (χ4n) is 4.11. The number of methoxy groups -OCH3 is 1. The third-order valence-corrected chi connectivity index (χ3v) is 6.54. The minimum atomic E-state index is 0.554. The van der Waals surface area contributed by atoms with Gasteiger partial charge in [0.25, 0.3) is 0 Å². The Morgan fingerprint density at radius 1 is 0.939 bits per heavy atom. The van der Waals surface area contributed by atoms with E-state index in [0.29, 0.717) is 23.1 Å². The lowest BCUT2D eigenvalue weighted by molar-refractivity contribution is 0.285. The van der Waals surface area contributed by atoms with Crippen molar-refractivity contribution in [2.75, 3.05) is 20.3 Å². The highest BCUT2D eigenvalue weighted by Gasteiger charge is 2.21. The van der Waals surface area contributed by atoms with Crippen LogP contribution < -0.4 is 9.47 Å². The molecule has 0 aliphatic carbocycles. The monoisotopic (exact) mass is 482 g/mol. The molecule has 0 unspecified atom stereocenters. The van der Waals surface area contributed by atoms with Crippen molar-refractivity contribution in [3.05, 3.63) is 87.2 Å². The number of pyridine rings is 1. The lowest BCUT2D eigenvalue weighted by Gasteiger charge is -2.21. The van der Waals surface area contributed by atoms with Gasteiger partial charge in [0.2, 0.25) is 0 Å². The second-order valence-electron chi connectivity index (χ2n) is 8.14. The maximum absolute atomic E-state index is 6.36. The van der Waals surface area contributed by atoms with Crippen molar-refractivity contribution < 1.29 is 9.47 Å². The molecule has 0 fully saturated rings. The van der Waals surface area contributed by atoms with Crippen LogP contribution in [0.1, 0.15) is 41.5 Å². The van der Waals surface area contributed by atoms with Crippen molar-refractivity contribution in [3.63, 3.8) is 0 Å². The molecule has 0 saturated carbocycles. The predicted molar refractivity (Wildman–Crippen MR) is 136 cm³/mol. The molecule has 1 aliphatic rings. The Bertz CT molecular complexity index is 1100. The third kappa shape index (κ3) is 6.07. The second kappa shape index (κ2) is 11.5. The minimum Gasteiger partial charge on any atom is -0.493 e. The lowest BCUT2D eigenvalue weighted by Crippen LogP contribution is -2.16. The van der Waals surface area contributed by atoms with Gasteiger partial charge < -0.3 is 9.47 Å². The van der Waals surface area contributed by atoms with E-state index in [0.717, 1.165) is 67.0 Å². The number of ether oxygens (including phenoxy) is 2. The number of aromatic nitrogens is 1. The summed E-state index contributed by atoms with van der Waals surface area (Å²) in [5, 5.41) is 1.11. The van der Waals surface area contributed by atoms with E-state index in [1.54, 1.807) is 19.5 Å². The maximum atomic E-state index is 6.36. The van der Waals surface area contributed by atoms with Crippen molar-refractivity contribution in [2.24, 2.45) is 4.99 Å². The van der Waals surface area contributed by atoms with Crippen molar-refractivity contribution in [2.45, 2.75) is 38.5 Å². The van der Waals surface area contributed by atoms with E-state index in [9.17, 15) is 0 Å². The molecule has 6 heteroatoms. The summed E-state index contributed by atoms with van der Waals surface area (Å²) in [5.41, 5.74) is 5.47. The highest BCUT2D eigenvalue weighted by molar-refractivity contribution is 6.36. The van der Waals surface area contributed by atoms with E-state index in [2.05, 4.69) is 47.4 Å². The first-order chi connectivity index (χ1) is 16.2. The van der Waals surface area contributed by atoms with Crippen molar-refractivity contribution in [1.29, 1.82) is 0 Å². The Labute approximate surface area is 205 Å². The molecule has 172 valence electrons. The topological polar surface area (TPSA) is 43.7 Å². The summed E-state index contributed by atoms with van der Waals surface area (Å²) in [6.07, 6.45) is 9.03. The zero-order valence-corrected chi connectivity index (χ0v) is 20.3. The predicted octanol–water partition coefficient (Wildman–Crippen LogP) is 6.78. The van der Waals surface area contributed by atoms with E-state index in [4.69, 9.17) is 37.7 Å². The van der Waals surface area contributed by atoms with Crippen LogP contribution in [0.2, 0.25) is 10.0 Å². The van der Waals surface area contributed by atoms with Crippen LogP contribution in [0.5, 0.6) is 11.5 Å². The summed E-state index contributed by atoms with van der Waals surface area (Å²) in [5.74, 6) is 1.51. The lowest BCUT2D eigenvalue weighted by atomic mass is 9.93. The molecule has 2 aromatic carbocycles. The molecular formula is C27H28Cl2N2O2. The minimum absolute atomic E-state index is 0.554. The molecule has 1 aromatic heterocycles. The van der Waals surface area contributed by atoms with Gasteiger partial charge in [0.1, 0.15) is 0 Å².